The minimum absolute atomic E-state index is 0.0464. The first kappa shape index (κ1) is 65.9. The molecule has 0 aromatic heterocycles. The molecule has 0 radical (unpaired) electrons. The van der Waals surface area contributed by atoms with Crippen molar-refractivity contribution in [3.05, 3.63) is 97.2 Å². The maximum atomic E-state index is 12.7. The van der Waals surface area contributed by atoms with Crippen molar-refractivity contribution < 1.29 is 37.6 Å². The summed E-state index contributed by atoms with van der Waals surface area (Å²) in [7, 11) is -4.40. The Morgan fingerprint density at radius 2 is 0.797 bits per heavy atom. The number of carbonyl (C=O) groups is 2. The highest BCUT2D eigenvalue weighted by atomic mass is 31.2. The molecule has 9 nitrogen and oxygen atoms in total. The molecule has 0 heterocycles. The van der Waals surface area contributed by atoms with Gasteiger partial charge < -0.3 is 20.1 Å². The molecule has 0 aliphatic heterocycles. The lowest BCUT2D eigenvalue weighted by Crippen LogP contribution is -2.29. The molecule has 3 N–H and O–H groups in total. The molecular weight excluding hydrogens is 882 g/mol. The molecule has 0 spiro atoms. The normalized spacial score (nSPS) is 13.9. The van der Waals surface area contributed by atoms with Crippen LogP contribution in [0.5, 0.6) is 0 Å². The van der Waals surface area contributed by atoms with Crippen molar-refractivity contribution in [2.45, 2.75) is 238 Å². The van der Waals surface area contributed by atoms with Crippen LogP contribution in [0.4, 0.5) is 0 Å². The number of nitrogens with two attached hydrogens (primary N) is 1. The Kier molecular flexibility index (Phi) is 51.9. The van der Waals surface area contributed by atoms with E-state index in [0.717, 1.165) is 96.3 Å². The van der Waals surface area contributed by atoms with Gasteiger partial charge in [-0.2, -0.15) is 0 Å². The number of hydrogen-bond acceptors (Lipinski definition) is 8. The van der Waals surface area contributed by atoms with Crippen molar-refractivity contribution >= 4 is 19.8 Å². The van der Waals surface area contributed by atoms with E-state index in [2.05, 4.69) is 111 Å². The predicted molar refractivity (Wildman–Crippen MR) is 293 cm³/mol. The molecule has 0 aromatic carbocycles. The molecule has 10 heteroatoms. The zero-order valence-electron chi connectivity index (χ0n) is 44.0. The summed E-state index contributed by atoms with van der Waals surface area (Å²) in [6.07, 6.45) is 71.6. The molecule has 0 aliphatic carbocycles. The van der Waals surface area contributed by atoms with E-state index < -0.39 is 32.5 Å². The van der Waals surface area contributed by atoms with E-state index in [1.54, 1.807) is 0 Å². The molecule has 0 aliphatic rings. The van der Waals surface area contributed by atoms with Gasteiger partial charge in [-0.1, -0.05) is 220 Å². The summed E-state index contributed by atoms with van der Waals surface area (Å²) in [4.78, 5) is 35.2. The lowest BCUT2D eigenvalue weighted by molar-refractivity contribution is -0.161. The van der Waals surface area contributed by atoms with Crippen molar-refractivity contribution in [1.29, 1.82) is 0 Å². The molecule has 0 amide bonds. The zero-order chi connectivity index (χ0) is 50.2. The van der Waals surface area contributed by atoms with E-state index in [9.17, 15) is 19.0 Å². The Bertz CT molecular complexity index is 1450. The second-order valence-corrected chi connectivity index (χ2v) is 19.5. The summed E-state index contributed by atoms with van der Waals surface area (Å²) in [5.41, 5.74) is 5.38. The van der Waals surface area contributed by atoms with Crippen LogP contribution in [0, 0.1) is 0 Å². The SMILES string of the molecule is CC/C=C\C/C=C\C/C=C\C/C=C\C/C=C\CCCCCCCCCCCCCC(=O)OC(COC(=O)CCCCCCCC/C=C\C/C=C\C/C=C\CCCCCCC)COP(=O)(O)OCCN. The fraction of sp³-hybridized carbons (Fsp3) is 0.695. The van der Waals surface area contributed by atoms with Crippen LogP contribution in [0.1, 0.15) is 232 Å². The standard InChI is InChI=1S/C59H102NO8P/c1-3-5-7-9-11-13-15-17-19-21-23-25-26-27-28-29-30-32-34-36-38-40-42-44-46-48-50-52-59(62)68-57(56-67-69(63,64)66-54-53-60)55-65-58(61)51-49-47-45-43-41-39-37-35-33-31-24-22-20-18-16-14-12-10-8-6-4-2/h5,7,11,13,16-19,22-25,27-28,33,35,57H,3-4,6,8-10,12,14-15,20-21,26,29-32,34,36-56,60H2,1-2H3,(H,63,64)/b7-5-,13-11-,18-16-,19-17-,24-22-,25-23-,28-27-,35-33-. The molecular formula is C59H102NO8P. The minimum Gasteiger partial charge on any atom is -0.462 e. The van der Waals surface area contributed by atoms with Crippen LogP contribution < -0.4 is 5.73 Å². The van der Waals surface area contributed by atoms with Gasteiger partial charge in [0.2, 0.25) is 0 Å². The van der Waals surface area contributed by atoms with Crippen LogP contribution in [0.2, 0.25) is 0 Å². The second-order valence-electron chi connectivity index (χ2n) is 18.1. The Hall–Kier alpha value is -3.07. The van der Waals surface area contributed by atoms with Gasteiger partial charge in [-0.05, 0) is 96.3 Å². The maximum Gasteiger partial charge on any atom is 0.472 e. The number of hydrogen-bond donors (Lipinski definition) is 2. The van der Waals surface area contributed by atoms with Crippen molar-refractivity contribution in [3.63, 3.8) is 0 Å². The molecule has 0 rings (SSSR count). The lowest BCUT2D eigenvalue weighted by atomic mass is 10.0. The van der Waals surface area contributed by atoms with Crippen molar-refractivity contribution in [1.82, 2.24) is 0 Å². The van der Waals surface area contributed by atoms with Crippen LogP contribution in [-0.2, 0) is 32.7 Å². The average molecular weight is 984 g/mol. The molecule has 2 unspecified atom stereocenters. The molecule has 0 fully saturated rings. The van der Waals surface area contributed by atoms with Crippen LogP contribution in [0.25, 0.3) is 0 Å². The van der Waals surface area contributed by atoms with E-state index in [4.69, 9.17) is 24.3 Å². The van der Waals surface area contributed by atoms with E-state index >= 15 is 0 Å². The lowest BCUT2D eigenvalue weighted by Gasteiger charge is -2.19. The third kappa shape index (κ3) is 54.1. The first-order valence-electron chi connectivity index (χ1n) is 27.7. The second kappa shape index (κ2) is 54.3. The highest BCUT2D eigenvalue weighted by Gasteiger charge is 2.26. The van der Waals surface area contributed by atoms with Crippen LogP contribution in [0.3, 0.4) is 0 Å². The van der Waals surface area contributed by atoms with Gasteiger partial charge in [-0.25, -0.2) is 4.57 Å². The number of ether oxygens (including phenoxy) is 2. The van der Waals surface area contributed by atoms with Gasteiger partial charge in [-0.15, -0.1) is 0 Å². The minimum atomic E-state index is -4.40. The number of phosphoric ester groups is 1. The molecule has 0 saturated carbocycles. The Labute approximate surface area is 423 Å². The highest BCUT2D eigenvalue weighted by Crippen LogP contribution is 2.43. The van der Waals surface area contributed by atoms with Crippen LogP contribution in [-0.4, -0.2) is 49.3 Å². The molecule has 0 bridgehead atoms. The van der Waals surface area contributed by atoms with Crippen LogP contribution >= 0.6 is 7.82 Å². The quantitative estimate of drug-likeness (QED) is 0.0264. The van der Waals surface area contributed by atoms with E-state index in [1.165, 1.54) is 96.3 Å². The van der Waals surface area contributed by atoms with Crippen LogP contribution in [0.15, 0.2) is 97.2 Å². The van der Waals surface area contributed by atoms with Crippen molar-refractivity contribution in [2.24, 2.45) is 5.73 Å². The van der Waals surface area contributed by atoms with Gasteiger partial charge in [0.25, 0.3) is 0 Å². The molecule has 0 aromatic rings. The Morgan fingerprint density at radius 1 is 0.449 bits per heavy atom. The fourth-order valence-corrected chi connectivity index (χ4v) is 8.14. The topological polar surface area (TPSA) is 134 Å². The number of esters is 2. The van der Waals surface area contributed by atoms with E-state index in [-0.39, 0.29) is 32.6 Å². The summed E-state index contributed by atoms with van der Waals surface area (Å²) < 4.78 is 33.0. The highest BCUT2D eigenvalue weighted by molar-refractivity contribution is 7.47. The largest absolute Gasteiger partial charge is 0.472 e. The number of carbonyl (C=O) groups excluding carboxylic acids is 2. The molecule has 396 valence electrons. The zero-order valence-corrected chi connectivity index (χ0v) is 44.9. The van der Waals surface area contributed by atoms with Gasteiger partial charge in [0.05, 0.1) is 13.2 Å². The fourth-order valence-electron chi connectivity index (χ4n) is 7.37. The van der Waals surface area contributed by atoms with E-state index in [0.29, 0.717) is 12.8 Å². The van der Waals surface area contributed by atoms with Gasteiger partial charge in [0.1, 0.15) is 6.61 Å². The van der Waals surface area contributed by atoms with Crippen molar-refractivity contribution in [3.8, 4) is 0 Å². The van der Waals surface area contributed by atoms with Gasteiger partial charge in [-0.3, -0.25) is 18.6 Å². The van der Waals surface area contributed by atoms with Crippen molar-refractivity contribution in [2.75, 3.05) is 26.4 Å². The number of rotatable bonds is 51. The third-order valence-electron chi connectivity index (χ3n) is 11.5. The number of unbranched alkanes of at least 4 members (excludes halogenated alkanes) is 22. The summed E-state index contributed by atoms with van der Waals surface area (Å²) in [6.45, 7) is 3.60. The number of allylic oxidation sites excluding steroid dienone is 16. The number of phosphoric acid groups is 1. The van der Waals surface area contributed by atoms with Gasteiger partial charge in [0, 0.05) is 19.4 Å². The Morgan fingerprint density at radius 3 is 1.19 bits per heavy atom. The maximum absolute atomic E-state index is 12.7. The summed E-state index contributed by atoms with van der Waals surface area (Å²) in [6, 6.07) is 0. The first-order chi connectivity index (χ1) is 33.8. The van der Waals surface area contributed by atoms with Gasteiger partial charge >= 0.3 is 19.8 Å². The first-order valence-corrected chi connectivity index (χ1v) is 29.2. The summed E-state index contributed by atoms with van der Waals surface area (Å²) in [5.74, 6) is -0.848. The third-order valence-corrected chi connectivity index (χ3v) is 12.4. The summed E-state index contributed by atoms with van der Waals surface area (Å²) in [5, 5.41) is 0. The summed E-state index contributed by atoms with van der Waals surface area (Å²) >= 11 is 0. The van der Waals surface area contributed by atoms with Gasteiger partial charge in [0.15, 0.2) is 6.10 Å². The molecule has 0 saturated heterocycles. The monoisotopic (exact) mass is 984 g/mol. The predicted octanol–water partition coefficient (Wildman–Crippen LogP) is 17.3. The molecule has 2 atom stereocenters. The Balaban J connectivity index is 4.05. The smallest absolute Gasteiger partial charge is 0.462 e. The van der Waals surface area contributed by atoms with E-state index in [1.807, 2.05) is 0 Å². The molecule has 69 heavy (non-hydrogen) atoms. The average Bonchev–Trinajstić information content (AvgIpc) is 3.34.